The Kier molecular flexibility index (Phi) is 2.60. The summed E-state index contributed by atoms with van der Waals surface area (Å²) in [6, 6.07) is 0. The van der Waals surface area contributed by atoms with Crippen LogP contribution in [0.5, 0.6) is 0 Å². The van der Waals surface area contributed by atoms with Gasteiger partial charge in [-0.25, -0.2) is 4.72 Å². The first-order chi connectivity index (χ1) is 5.96. The Bertz CT molecular complexity index is 355. The number of carbonyl (C=O) groups excluding carboxylic acids is 1. The van der Waals surface area contributed by atoms with E-state index in [4.69, 9.17) is 0 Å². The highest BCUT2D eigenvalue weighted by molar-refractivity contribution is 7.85. The second-order valence-corrected chi connectivity index (χ2v) is 4.03. The summed E-state index contributed by atoms with van der Waals surface area (Å²) in [5.41, 5.74) is 0.400. The molecule has 74 valence electrons. The Morgan fingerprint density at radius 2 is 2.08 bits per heavy atom. The van der Waals surface area contributed by atoms with Gasteiger partial charge in [0, 0.05) is 0 Å². The second kappa shape index (κ2) is 3.37. The summed E-state index contributed by atoms with van der Waals surface area (Å²) in [6.07, 6.45) is 1.29. The van der Waals surface area contributed by atoms with Gasteiger partial charge in [-0.1, -0.05) is 13.3 Å². The number of rotatable bonds is 2. The predicted octanol–water partition coefficient (Wildman–Crippen LogP) is 0.452. The van der Waals surface area contributed by atoms with Gasteiger partial charge in [0.2, 0.25) is 0 Å². The van der Waals surface area contributed by atoms with Crippen molar-refractivity contribution in [3.8, 4) is 0 Å². The van der Waals surface area contributed by atoms with Crippen molar-refractivity contribution in [2.24, 2.45) is 0 Å². The summed E-state index contributed by atoms with van der Waals surface area (Å²) in [7, 11) is -3.89. The second-order valence-electron chi connectivity index (χ2n) is 2.75. The maximum absolute atomic E-state index is 11.2. The Hall–Kier alpha value is -1.04. The summed E-state index contributed by atoms with van der Waals surface area (Å²) in [4.78, 5) is 11.2. The molecule has 1 aliphatic heterocycles. The number of carbonyl (C=O) groups is 1. The molecule has 0 saturated carbocycles. The molecule has 0 radical (unpaired) electrons. The lowest BCUT2D eigenvalue weighted by molar-refractivity contribution is -0.116. The standard InChI is InChI=1S/C7H11NO4S/c1-3-4-6-5(2)12-13(10,11)8-7(6)9/h3-4H2,1-2H3,(H,8,9). The zero-order chi connectivity index (χ0) is 10.1. The molecule has 13 heavy (non-hydrogen) atoms. The van der Waals surface area contributed by atoms with Gasteiger partial charge in [0.25, 0.3) is 5.91 Å². The Balaban J connectivity index is 3.01. The maximum atomic E-state index is 11.2. The third-order valence-corrected chi connectivity index (χ3v) is 2.56. The molecule has 1 amide bonds. The van der Waals surface area contributed by atoms with E-state index in [0.717, 1.165) is 6.42 Å². The van der Waals surface area contributed by atoms with Crippen LogP contribution in [0, 0.1) is 0 Å². The molecule has 6 heteroatoms. The van der Waals surface area contributed by atoms with Gasteiger partial charge in [-0.3, -0.25) is 4.79 Å². The SMILES string of the molecule is CCCC1=C(C)OS(=O)(=O)NC1=O. The average molecular weight is 205 g/mol. The molecule has 1 aliphatic rings. The molecule has 1 N–H and O–H groups in total. The lowest BCUT2D eigenvalue weighted by atomic mass is 10.1. The normalized spacial score (nSPS) is 20.9. The predicted molar refractivity (Wildman–Crippen MR) is 45.8 cm³/mol. The van der Waals surface area contributed by atoms with E-state index in [9.17, 15) is 13.2 Å². The van der Waals surface area contributed by atoms with Crippen molar-refractivity contribution in [2.45, 2.75) is 26.7 Å². The molecular formula is C7H11NO4S. The number of hydrogen-bond donors (Lipinski definition) is 1. The molecule has 0 spiro atoms. The number of hydrogen-bond acceptors (Lipinski definition) is 4. The molecule has 0 aliphatic carbocycles. The average Bonchev–Trinajstić information content (AvgIpc) is 1.94. The highest BCUT2D eigenvalue weighted by Gasteiger charge is 2.27. The molecule has 0 aromatic rings. The van der Waals surface area contributed by atoms with E-state index in [1.54, 1.807) is 4.72 Å². The van der Waals surface area contributed by atoms with Crippen molar-refractivity contribution in [1.29, 1.82) is 0 Å². The first-order valence-electron chi connectivity index (χ1n) is 3.92. The Morgan fingerprint density at radius 1 is 1.46 bits per heavy atom. The van der Waals surface area contributed by atoms with Crippen molar-refractivity contribution in [1.82, 2.24) is 4.72 Å². The van der Waals surface area contributed by atoms with Crippen molar-refractivity contribution < 1.29 is 17.4 Å². The summed E-state index contributed by atoms with van der Waals surface area (Å²) in [5.74, 6) is -0.406. The molecule has 5 nitrogen and oxygen atoms in total. The minimum atomic E-state index is -3.89. The van der Waals surface area contributed by atoms with E-state index in [2.05, 4.69) is 4.18 Å². The van der Waals surface area contributed by atoms with Gasteiger partial charge in [0.05, 0.1) is 5.57 Å². The van der Waals surface area contributed by atoms with E-state index in [1.807, 2.05) is 6.92 Å². The van der Waals surface area contributed by atoms with Gasteiger partial charge >= 0.3 is 10.3 Å². The maximum Gasteiger partial charge on any atom is 0.409 e. The molecule has 0 aromatic carbocycles. The first-order valence-corrected chi connectivity index (χ1v) is 5.33. The van der Waals surface area contributed by atoms with Gasteiger partial charge < -0.3 is 4.18 Å². The summed E-state index contributed by atoms with van der Waals surface area (Å²) < 4.78 is 28.0. The molecule has 0 bridgehead atoms. The number of nitrogens with one attached hydrogen (secondary N) is 1. The highest BCUT2D eigenvalue weighted by atomic mass is 32.2. The van der Waals surface area contributed by atoms with Gasteiger partial charge in [0.1, 0.15) is 5.76 Å². The zero-order valence-electron chi connectivity index (χ0n) is 7.46. The van der Waals surface area contributed by atoms with Crippen LogP contribution in [0.15, 0.2) is 11.3 Å². The van der Waals surface area contributed by atoms with Gasteiger partial charge in [-0.2, -0.15) is 8.42 Å². The van der Waals surface area contributed by atoms with Crippen LogP contribution in [0.25, 0.3) is 0 Å². The van der Waals surface area contributed by atoms with E-state index in [-0.39, 0.29) is 5.76 Å². The smallest absolute Gasteiger partial charge is 0.371 e. The van der Waals surface area contributed by atoms with Gasteiger partial charge in [0.15, 0.2) is 0 Å². The van der Waals surface area contributed by atoms with Crippen molar-refractivity contribution in [3.05, 3.63) is 11.3 Å². The topological polar surface area (TPSA) is 72.5 Å². The lowest BCUT2D eigenvalue weighted by Crippen LogP contribution is -2.37. The molecule has 0 atom stereocenters. The van der Waals surface area contributed by atoms with Crippen LogP contribution in [0.4, 0.5) is 0 Å². The van der Waals surface area contributed by atoms with Crippen LogP contribution in [-0.2, 0) is 19.3 Å². The minimum Gasteiger partial charge on any atom is -0.371 e. The Morgan fingerprint density at radius 3 is 2.54 bits per heavy atom. The van der Waals surface area contributed by atoms with E-state index in [1.165, 1.54) is 6.92 Å². The molecule has 1 rings (SSSR count). The summed E-state index contributed by atoms with van der Waals surface area (Å²) in [5, 5.41) is 0. The molecular weight excluding hydrogens is 194 g/mol. The highest BCUT2D eigenvalue weighted by Crippen LogP contribution is 2.18. The summed E-state index contributed by atoms with van der Waals surface area (Å²) in [6.45, 7) is 3.37. The molecule has 0 aromatic heterocycles. The number of allylic oxidation sites excluding steroid dienone is 1. The fourth-order valence-electron chi connectivity index (χ4n) is 1.11. The number of amides is 1. The van der Waals surface area contributed by atoms with Crippen molar-refractivity contribution >= 4 is 16.2 Å². The van der Waals surface area contributed by atoms with E-state index < -0.39 is 16.2 Å². The molecule has 1 heterocycles. The van der Waals surface area contributed by atoms with Crippen LogP contribution in [0.3, 0.4) is 0 Å². The lowest BCUT2D eigenvalue weighted by Gasteiger charge is -2.17. The van der Waals surface area contributed by atoms with Crippen LogP contribution < -0.4 is 4.72 Å². The molecule has 0 unspecified atom stereocenters. The van der Waals surface area contributed by atoms with Crippen LogP contribution in [0.1, 0.15) is 26.7 Å². The monoisotopic (exact) mass is 205 g/mol. The summed E-state index contributed by atoms with van der Waals surface area (Å²) >= 11 is 0. The molecule has 0 saturated heterocycles. The van der Waals surface area contributed by atoms with Gasteiger partial charge in [-0.05, 0) is 13.3 Å². The van der Waals surface area contributed by atoms with E-state index >= 15 is 0 Å². The van der Waals surface area contributed by atoms with Crippen LogP contribution in [0.2, 0.25) is 0 Å². The van der Waals surface area contributed by atoms with Gasteiger partial charge in [-0.15, -0.1) is 0 Å². The fourth-order valence-corrected chi connectivity index (χ4v) is 1.93. The zero-order valence-corrected chi connectivity index (χ0v) is 8.27. The quantitative estimate of drug-likeness (QED) is 0.710. The fraction of sp³-hybridized carbons (Fsp3) is 0.571. The third-order valence-electron chi connectivity index (χ3n) is 1.65. The van der Waals surface area contributed by atoms with E-state index in [0.29, 0.717) is 12.0 Å². The van der Waals surface area contributed by atoms with Crippen LogP contribution in [-0.4, -0.2) is 14.3 Å². The minimum absolute atomic E-state index is 0.172. The third kappa shape index (κ3) is 2.21. The van der Waals surface area contributed by atoms with Crippen molar-refractivity contribution in [3.63, 3.8) is 0 Å². The molecule has 0 fully saturated rings. The first kappa shape index (κ1) is 10.0. The van der Waals surface area contributed by atoms with Crippen LogP contribution >= 0.6 is 0 Å². The van der Waals surface area contributed by atoms with Crippen molar-refractivity contribution in [2.75, 3.05) is 0 Å². The largest absolute Gasteiger partial charge is 0.409 e. The Labute approximate surface area is 77.0 Å².